The number of benzene rings is 1. The molecule has 1 saturated heterocycles. The first-order valence-electron chi connectivity index (χ1n) is 10.6. The van der Waals surface area contributed by atoms with Crippen molar-refractivity contribution >= 4 is 26.9 Å². The number of para-hydroxylation sites is 1. The SMILES string of the molecule is CCCCc1oc2ccccc2c1CN(C)C(=O)C1CCN(S(=O)(=O)CC)CC1. The first kappa shape index (κ1) is 21.8. The van der Waals surface area contributed by atoms with Crippen LogP contribution in [0.5, 0.6) is 0 Å². The van der Waals surface area contributed by atoms with E-state index in [4.69, 9.17) is 4.42 Å². The summed E-state index contributed by atoms with van der Waals surface area (Å²) in [6, 6.07) is 7.99. The van der Waals surface area contributed by atoms with Crippen molar-refractivity contribution in [3.8, 4) is 0 Å². The second-order valence-electron chi connectivity index (χ2n) is 7.87. The lowest BCUT2D eigenvalue weighted by Gasteiger charge is -2.32. The van der Waals surface area contributed by atoms with Crippen molar-refractivity contribution in [3.63, 3.8) is 0 Å². The predicted molar refractivity (Wildman–Crippen MR) is 115 cm³/mol. The van der Waals surface area contributed by atoms with Crippen LogP contribution in [0.25, 0.3) is 11.0 Å². The summed E-state index contributed by atoms with van der Waals surface area (Å²) in [5.41, 5.74) is 1.96. The Morgan fingerprint density at radius 1 is 1.21 bits per heavy atom. The van der Waals surface area contributed by atoms with Crippen molar-refractivity contribution in [2.45, 2.75) is 52.5 Å². The fourth-order valence-corrected chi connectivity index (χ4v) is 5.18. The molecule has 0 aliphatic carbocycles. The van der Waals surface area contributed by atoms with Crippen molar-refractivity contribution in [1.82, 2.24) is 9.21 Å². The molecule has 160 valence electrons. The molecular formula is C22H32N2O4S. The number of unbranched alkanes of at least 4 members (excludes halogenated alkanes) is 1. The molecule has 1 amide bonds. The zero-order valence-electron chi connectivity index (χ0n) is 17.7. The van der Waals surface area contributed by atoms with Gasteiger partial charge in [0.1, 0.15) is 11.3 Å². The Kier molecular flexibility index (Phi) is 7.01. The van der Waals surface area contributed by atoms with E-state index in [2.05, 4.69) is 13.0 Å². The fourth-order valence-electron chi connectivity index (χ4n) is 4.05. The van der Waals surface area contributed by atoms with Crippen LogP contribution in [0.15, 0.2) is 28.7 Å². The Morgan fingerprint density at radius 3 is 2.55 bits per heavy atom. The second kappa shape index (κ2) is 9.30. The number of hydrogen-bond acceptors (Lipinski definition) is 4. The van der Waals surface area contributed by atoms with Crippen LogP contribution >= 0.6 is 0 Å². The molecule has 1 aliphatic heterocycles. The molecule has 2 heterocycles. The molecule has 3 rings (SSSR count). The van der Waals surface area contributed by atoms with Gasteiger partial charge in [0.05, 0.1) is 5.75 Å². The number of nitrogens with zero attached hydrogens (tertiary/aromatic N) is 2. The van der Waals surface area contributed by atoms with Gasteiger partial charge >= 0.3 is 0 Å². The topological polar surface area (TPSA) is 70.8 Å². The van der Waals surface area contributed by atoms with Crippen molar-refractivity contribution < 1.29 is 17.6 Å². The maximum absolute atomic E-state index is 13.0. The van der Waals surface area contributed by atoms with E-state index in [1.807, 2.05) is 25.2 Å². The highest BCUT2D eigenvalue weighted by atomic mass is 32.2. The molecule has 0 unspecified atom stereocenters. The zero-order valence-corrected chi connectivity index (χ0v) is 18.5. The number of furan rings is 1. The van der Waals surface area contributed by atoms with Crippen molar-refractivity contribution in [1.29, 1.82) is 0 Å². The molecule has 1 aromatic carbocycles. The van der Waals surface area contributed by atoms with Gasteiger partial charge in [-0.15, -0.1) is 0 Å². The van der Waals surface area contributed by atoms with E-state index in [0.717, 1.165) is 41.6 Å². The van der Waals surface area contributed by atoms with Gasteiger partial charge in [0, 0.05) is 50.0 Å². The highest BCUT2D eigenvalue weighted by molar-refractivity contribution is 7.89. The molecule has 0 atom stereocenters. The van der Waals surface area contributed by atoms with Crippen molar-refractivity contribution in [2.75, 3.05) is 25.9 Å². The average molecular weight is 421 g/mol. The molecule has 0 bridgehead atoms. The molecule has 0 N–H and O–H groups in total. The van der Waals surface area contributed by atoms with Crippen LogP contribution in [0.3, 0.4) is 0 Å². The lowest BCUT2D eigenvalue weighted by Crippen LogP contribution is -2.43. The first-order chi connectivity index (χ1) is 13.9. The van der Waals surface area contributed by atoms with E-state index in [0.29, 0.717) is 32.5 Å². The average Bonchev–Trinajstić information content (AvgIpc) is 3.09. The molecule has 1 aliphatic rings. The van der Waals surface area contributed by atoms with Crippen molar-refractivity contribution in [3.05, 3.63) is 35.6 Å². The summed E-state index contributed by atoms with van der Waals surface area (Å²) in [6.45, 7) is 5.19. The van der Waals surface area contributed by atoms with Gasteiger partial charge in [-0.1, -0.05) is 31.5 Å². The maximum atomic E-state index is 13.0. The highest BCUT2D eigenvalue weighted by Gasteiger charge is 2.32. The Bertz CT molecular complexity index is 943. The molecular weight excluding hydrogens is 388 g/mol. The summed E-state index contributed by atoms with van der Waals surface area (Å²) in [7, 11) is -1.34. The summed E-state index contributed by atoms with van der Waals surface area (Å²) in [5.74, 6) is 1.04. The molecule has 0 radical (unpaired) electrons. The van der Waals surface area contributed by atoms with Gasteiger partial charge in [-0.2, -0.15) is 0 Å². The number of fused-ring (bicyclic) bond motifs is 1. The summed E-state index contributed by atoms with van der Waals surface area (Å²) in [5, 5.41) is 1.07. The van der Waals surface area contributed by atoms with Gasteiger partial charge in [0.15, 0.2) is 0 Å². The summed E-state index contributed by atoms with van der Waals surface area (Å²) < 4.78 is 31.7. The van der Waals surface area contributed by atoms with Gasteiger partial charge in [0.25, 0.3) is 0 Å². The molecule has 0 spiro atoms. The minimum Gasteiger partial charge on any atom is -0.461 e. The minimum atomic E-state index is -3.17. The van der Waals surface area contributed by atoms with E-state index in [1.54, 1.807) is 11.8 Å². The van der Waals surface area contributed by atoms with E-state index >= 15 is 0 Å². The number of carbonyl (C=O) groups excluding carboxylic acids is 1. The van der Waals surface area contributed by atoms with E-state index in [1.165, 1.54) is 4.31 Å². The van der Waals surface area contributed by atoms with Gasteiger partial charge in [-0.05, 0) is 32.3 Å². The third-order valence-electron chi connectivity index (χ3n) is 5.87. The van der Waals surface area contributed by atoms with Gasteiger partial charge in [0.2, 0.25) is 15.9 Å². The predicted octanol–water partition coefficient (Wildman–Crippen LogP) is 3.80. The van der Waals surface area contributed by atoms with Crippen LogP contribution in [0.2, 0.25) is 0 Å². The third kappa shape index (κ3) is 4.83. The normalized spacial score (nSPS) is 16.4. The Labute approximate surface area is 173 Å². The van der Waals surface area contributed by atoms with Gasteiger partial charge < -0.3 is 9.32 Å². The lowest BCUT2D eigenvalue weighted by molar-refractivity contribution is -0.135. The smallest absolute Gasteiger partial charge is 0.225 e. The van der Waals surface area contributed by atoms with E-state index < -0.39 is 10.0 Å². The van der Waals surface area contributed by atoms with Crippen molar-refractivity contribution in [2.24, 2.45) is 5.92 Å². The van der Waals surface area contributed by atoms with Crippen LogP contribution in [0, 0.1) is 5.92 Å². The number of amides is 1. The Hall–Kier alpha value is -1.86. The molecule has 29 heavy (non-hydrogen) atoms. The molecule has 0 saturated carbocycles. The van der Waals surface area contributed by atoms with Crippen LogP contribution in [-0.4, -0.2) is 49.4 Å². The second-order valence-corrected chi connectivity index (χ2v) is 10.1. The van der Waals surface area contributed by atoms with Crippen LogP contribution in [-0.2, 0) is 27.8 Å². The quantitative estimate of drug-likeness (QED) is 0.651. The molecule has 7 heteroatoms. The van der Waals surface area contributed by atoms with Crippen LogP contribution < -0.4 is 0 Å². The monoisotopic (exact) mass is 420 g/mol. The maximum Gasteiger partial charge on any atom is 0.225 e. The molecule has 1 aromatic heterocycles. The highest BCUT2D eigenvalue weighted by Crippen LogP contribution is 2.29. The Balaban J connectivity index is 1.70. The largest absolute Gasteiger partial charge is 0.461 e. The first-order valence-corrected chi connectivity index (χ1v) is 12.2. The van der Waals surface area contributed by atoms with E-state index in [9.17, 15) is 13.2 Å². The van der Waals surface area contributed by atoms with Crippen LogP contribution in [0.4, 0.5) is 0 Å². The minimum absolute atomic E-state index is 0.0882. The number of sulfonamides is 1. The lowest BCUT2D eigenvalue weighted by atomic mass is 9.96. The summed E-state index contributed by atoms with van der Waals surface area (Å²) in [4.78, 5) is 14.8. The van der Waals surface area contributed by atoms with Crippen LogP contribution in [0.1, 0.15) is 50.9 Å². The number of piperidine rings is 1. The standard InChI is InChI=1S/C22H32N2O4S/c1-4-6-10-21-19(18-9-7-8-11-20(18)28-21)16-23(3)22(25)17-12-14-24(15-13-17)29(26,27)5-2/h7-9,11,17H,4-6,10,12-16H2,1-3H3. The summed E-state index contributed by atoms with van der Waals surface area (Å²) >= 11 is 0. The zero-order chi connectivity index (χ0) is 21.0. The molecule has 6 nitrogen and oxygen atoms in total. The summed E-state index contributed by atoms with van der Waals surface area (Å²) in [6.07, 6.45) is 4.17. The molecule has 2 aromatic rings. The number of hydrogen-bond donors (Lipinski definition) is 0. The molecule has 1 fully saturated rings. The number of aryl methyl sites for hydroxylation is 1. The van der Waals surface area contributed by atoms with Gasteiger partial charge in [-0.25, -0.2) is 12.7 Å². The number of rotatable bonds is 8. The fraction of sp³-hybridized carbons (Fsp3) is 0.591. The third-order valence-corrected chi connectivity index (χ3v) is 7.75. The number of carbonyl (C=O) groups is 1. The Morgan fingerprint density at radius 2 is 1.90 bits per heavy atom. The van der Waals surface area contributed by atoms with Gasteiger partial charge in [-0.3, -0.25) is 4.79 Å². The van der Waals surface area contributed by atoms with E-state index in [-0.39, 0.29) is 17.6 Å².